The van der Waals surface area contributed by atoms with Crippen LogP contribution >= 0.6 is 35.3 Å². The van der Waals surface area contributed by atoms with Crippen LogP contribution in [-0.2, 0) is 4.74 Å². The van der Waals surface area contributed by atoms with Gasteiger partial charge in [-0.05, 0) is 23.6 Å². The fourth-order valence-electron chi connectivity index (χ4n) is 2.55. The van der Waals surface area contributed by atoms with Crippen LogP contribution < -0.4 is 11.1 Å². The van der Waals surface area contributed by atoms with Gasteiger partial charge in [0.05, 0.1) is 25.8 Å². The number of hydrogen-bond acceptors (Lipinski definition) is 5. The number of halogens is 1. The van der Waals surface area contributed by atoms with Gasteiger partial charge >= 0.3 is 0 Å². The molecule has 0 saturated carbocycles. The second kappa shape index (κ2) is 9.92. The summed E-state index contributed by atoms with van der Waals surface area (Å²) < 4.78 is 5.45. The summed E-state index contributed by atoms with van der Waals surface area (Å²) in [5.74, 6) is 1.09. The van der Waals surface area contributed by atoms with Gasteiger partial charge < -0.3 is 15.8 Å². The van der Waals surface area contributed by atoms with Crippen LogP contribution in [0.2, 0.25) is 0 Å². The first-order valence-corrected chi connectivity index (χ1v) is 8.54. The molecule has 0 amide bonds. The summed E-state index contributed by atoms with van der Waals surface area (Å²) in [6.07, 6.45) is 1.72. The summed E-state index contributed by atoms with van der Waals surface area (Å²) in [7, 11) is 0. The number of ether oxygens (including phenoxy) is 1. The summed E-state index contributed by atoms with van der Waals surface area (Å²) in [6.45, 7) is 4.00. The molecule has 1 fully saturated rings. The van der Waals surface area contributed by atoms with Gasteiger partial charge in [-0.15, -0.1) is 35.3 Å². The van der Waals surface area contributed by atoms with Gasteiger partial charge in [-0.2, -0.15) is 0 Å². The van der Waals surface area contributed by atoms with Crippen LogP contribution in [0.5, 0.6) is 0 Å². The van der Waals surface area contributed by atoms with Gasteiger partial charge in [0.15, 0.2) is 5.96 Å². The second-order valence-corrected chi connectivity index (χ2v) is 6.22. The lowest BCUT2D eigenvalue weighted by Crippen LogP contribution is -2.40. The monoisotopic (exact) mass is 459 g/mol. The van der Waals surface area contributed by atoms with Gasteiger partial charge in [-0.1, -0.05) is 12.1 Å². The number of hydrogen-bond donors (Lipinski definition) is 2. The smallest absolute Gasteiger partial charge is 0.194 e. The zero-order valence-electron chi connectivity index (χ0n) is 13.3. The number of morpholine rings is 1. The Morgan fingerprint density at radius 2 is 2.17 bits per heavy atom. The van der Waals surface area contributed by atoms with Gasteiger partial charge in [0, 0.05) is 24.2 Å². The molecule has 1 unspecified atom stereocenters. The minimum absolute atomic E-state index is 0. The molecule has 3 heterocycles. The fourth-order valence-corrected chi connectivity index (χ4v) is 3.40. The lowest BCUT2D eigenvalue weighted by atomic mass is 10.2. The van der Waals surface area contributed by atoms with Crippen molar-refractivity contribution in [3.05, 3.63) is 46.8 Å². The van der Waals surface area contributed by atoms with Crippen molar-refractivity contribution in [3.8, 4) is 0 Å². The number of rotatable bonds is 5. The predicted octanol–water partition coefficient (Wildman–Crippen LogP) is 2.56. The van der Waals surface area contributed by atoms with E-state index in [0.717, 1.165) is 26.3 Å². The lowest BCUT2D eigenvalue weighted by molar-refractivity contribution is 0.0187. The average molecular weight is 459 g/mol. The Hall–Kier alpha value is -1.23. The summed E-state index contributed by atoms with van der Waals surface area (Å²) in [6, 6.07) is 10.1. The summed E-state index contributed by atoms with van der Waals surface area (Å²) in [5, 5.41) is 5.12. The first-order valence-electron chi connectivity index (χ1n) is 7.66. The highest BCUT2D eigenvalue weighted by Gasteiger charge is 2.23. The predicted molar refractivity (Wildman–Crippen MR) is 109 cm³/mol. The average Bonchev–Trinajstić information content (AvgIpc) is 3.11. The number of nitrogens with one attached hydrogen (secondary N) is 1. The highest BCUT2D eigenvalue weighted by molar-refractivity contribution is 14.0. The number of aliphatic imine (C=N–C) groups is 1. The van der Waals surface area contributed by atoms with Crippen molar-refractivity contribution in [1.82, 2.24) is 9.88 Å². The highest BCUT2D eigenvalue weighted by Crippen LogP contribution is 2.26. The standard InChI is InChI=1S/C16H21N5OS.HI/c17-16(20-15-5-1-2-6-18-15)19-12-13(14-4-3-11-23-14)21-7-9-22-10-8-21;/h1-6,11,13H,7-10,12H2,(H3,17,18,19,20);1H. The maximum atomic E-state index is 6.00. The van der Waals surface area contributed by atoms with Crippen molar-refractivity contribution in [3.63, 3.8) is 0 Å². The molecular formula is C16H22IN5OS. The van der Waals surface area contributed by atoms with E-state index in [1.807, 2.05) is 18.2 Å². The molecule has 0 radical (unpaired) electrons. The van der Waals surface area contributed by atoms with E-state index in [4.69, 9.17) is 10.5 Å². The van der Waals surface area contributed by atoms with E-state index >= 15 is 0 Å². The number of thiophene rings is 1. The van der Waals surface area contributed by atoms with E-state index in [1.165, 1.54) is 4.88 Å². The Kier molecular flexibility index (Phi) is 7.89. The van der Waals surface area contributed by atoms with Crippen LogP contribution in [0.25, 0.3) is 0 Å². The van der Waals surface area contributed by atoms with Gasteiger partial charge in [0.2, 0.25) is 0 Å². The maximum Gasteiger partial charge on any atom is 0.194 e. The first-order chi connectivity index (χ1) is 11.3. The molecule has 1 aliphatic rings. The molecular weight excluding hydrogens is 437 g/mol. The van der Waals surface area contributed by atoms with Crippen molar-refractivity contribution in [2.75, 3.05) is 38.2 Å². The van der Waals surface area contributed by atoms with Crippen molar-refractivity contribution in [1.29, 1.82) is 0 Å². The Labute approximate surface area is 163 Å². The number of nitrogens with two attached hydrogens (primary N) is 1. The number of anilines is 1. The van der Waals surface area contributed by atoms with Crippen LogP contribution in [0.3, 0.4) is 0 Å². The van der Waals surface area contributed by atoms with E-state index in [-0.39, 0.29) is 30.0 Å². The summed E-state index contributed by atoms with van der Waals surface area (Å²) in [4.78, 5) is 12.4. The van der Waals surface area contributed by atoms with Crippen molar-refractivity contribution >= 4 is 47.1 Å². The lowest BCUT2D eigenvalue weighted by Gasteiger charge is -2.33. The van der Waals surface area contributed by atoms with Crippen molar-refractivity contribution in [2.45, 2.75) is 6.04 Å². The maximum absolute atomic E-state index is 6.00. The zero-order valence-corrected chi connectivity index (χ0v) is 16.4. The Morgan fingerprint density at radius 3 is 2.83 bits per heavy atom. The number of aromatic nitrogens is 1. The van der Waals surface area contributed by atoms with Crippen LogP contribution in [-0.4, -0.2) is 48.7 Å². The second-order valence-electron chi connectivity index (χ2n) is 5.25. The molecule has 1 aliphatic heterocycles. The Morgan fingerprint density at radius 1 is 1.33 bits per heavy atom. The largest absolute Gasteiger partial charge is 0.379 e. The van der Waals surface area contributed by atoms with Gasteiger partial charge in [0.25, 0.3) is 0 Å². The van der Waals surface area contributed by atoms with Crippen LogP contribution in [0.15, 0.2) is 46.9 Å². The quantitative estimate of drug-likeness (QED) is 0.409. The molecule has 2 aromatic heterocycles. The van der Waals surface area contributed by atoms with E-state index in [9.17, 15) is 0 Å². The van der Waals surface area contributed by atoms with Gasteiger partial charge in [0.1, 0.15) is 5.82 Å². The molecule has 0 spiro atoms. The molecule has 1 saturated heterocycles. The Balaban J connectivity index is 0.00000208. The van der Waals surface area contributed by atoms with Gasteiger partial charge in [-0.3, -0.25) is 9.89 Å². The SMILES string of the molecule is I.NC(=NCC(c1cccs1)N1CCOCC1)Nc1ccccn1. The minimum atomic E-state index is 0. The molecule has 0 bridgehead atoms. The molecule has 0 aromatic carbocycles. The molecule has 0 aliphatic carbocycles. The normalized spacial score (nSPS) is 17.1. The molecule has 1 atom stereocenters. The molecule has 3 rings (SSSR count). The number of pyridine rings is 1. The van der Waals surface area contributed by atoms with Crippen LogP contribution in [0.1, 0.15) is 10.9 Å². The number of nitrogens with zero attached hydrogens (tertiary/aromatic N) is 3. The minimum Gasteiger partial charge on any atom is -0.379 e. The zero-order chi connectivity index (χ0) is 15.9. The van der Waals surface area contributed by atoms with E-state index < -0.39 is 0 Å². The highest BCUT2D eigenvalue weighted by atomic mass is 127. The fraction of sp³-hybridized carbons (Fsp3) is 0.375. The summed E-state index contributed by atoms with van der Waals surface area (Å²) in [5.41, 5.74) is 6.00. The molecule has 3 N–H and O–H groups in total. The van der Waals surface area contributed by atoms with E-state index in [0.29, 0.717) is 18.3 Å². The molecule has 130 valence electrons. The molecule has 6 nitrogen and oxygen atoms in total. The van der Waals surface area contributed by atoms with Gasteiger partial charge in [-0.25, -0.2) is 4.98 Å². The first kappa shape index (κ1) is 19.1. The topological polar surface area (TPSA) is 75.8 Å². The third-order valence-corrected chi connectivity index (χ3v) is 4.69. The summed E-state index contributed by atoms with van der Waals surface area (Å²) >= 11 is 1.76. The Bertz CT molecular complexity index is 617. The van der Waals surface area contributed by atoms with Crippen molar-refractivity contribution < 1.29 is 4.74 Å². The third-order valence-electron chi connectivity index (χ3n) is 3.71. The molecule has 8 heteroatoms. The molecule has 2 aromatic rings. The van der Waals surface area contributed by atoms with E-state index in [1.54, 1.807) is 17.5 Å². The van der Waals surface area contributed by atoms with Crippen molar-refractivity contribution in [2.24, 2.45) is 10.7 Å². The number of guanidine groups is 1. The van der Waals surface area contributed by atoms with Crippen LogP contribution in [0, 0.1) is 0 Å². The van der Waals surface area contributed by atoms with Crippen LogP contribution in [0.4, 0.5) is 5.82 Å². The van der Waals surface area contributed by atoms with E-state index in [2.05, 4.69) is 37.7 Å². The third kappa shape index (κ3) is 5.40. The molecule has 24 heavy (non-hydrogen) atoms.